The molecule has 1 aromatic carbocycles. The average Bonchev–Trinajstić information content (AvgIpc) is 3.04. The van der Waals surface area contributed by atoms with E-state index in [-0.39, 0.29) is 5.91 Å². The summed E-state index contributed by atoms with van der Waals surface area (Å²) in [6.45, 7) is 7.39. The molecule has 2 N–H and O–H groups in total. The molecule has 2 atom stereocenters. The fraction of sp³-hybridized carbons (Fsp3) is 0.412. The summed E-state index contributed by atoms with van der Waals surface area (Å²) in [6, 6.07) is 5.32. The van der Waals surface area contributed by atoms with E-state index in [0.717, 1.165) is 16.9 Å². The van der Waals surface area contributed by atoms with Crippen molar-refractivity contribution in [3.8, 4) is 0 Å². The number of hydrogen-bond donors (Lipinski definition) is 2. The minimum atomic E-state index is -0.925. The predicted octanol–water partition coefficient (Wildman–Crippen LogP) is 2.54. The number of aliphatic carboxylic acids is 1. The lowest BCUT2D eigenvalue weighted by molar-refractivity contribution is -0.140. The summed E-state index contributed by atoms with van der Waals surface area (Å²) in [5.74, 6) is -2.33. The van der Waals surface area contributed by atoms with E-state index in [1.807, 2.05) is 13.8 Å². The molecule has 1 aromatic heterocycles. The molecule has 23 heavy (non-hydrogen) atoms. The third-order valence-electron chi connectivity index (χ3n) is 4.72. The van der Waals surface area contributed by atoms with Crippen molar-refractivity contribution >= 4 is 28.6 Å². The first-order valence-electron chi connectivity index (χ1n) is 7.50. The van der Waals surface area contributed by atoms with Crippen LogP contribution in [-0.4, -0.2) is 27.0 Å². The molecule has 1 aliphatic carbocycles. The van der Waals surface area contributed by atoms with Gasteiger partial charge in [-0.05, 0) is 37.5 Å². The molecule has 0 aliphatic heterocycles. The van der Waals surface area contributed by atoms with Crippen molar-refractivity contribution in [3.05, 3.63) is 29.6 Å². The van der Waals surface area contributed by atoms with Gasteiger partial charge in [-0.15, -0.1) is 0 Å². The number of carbonyl (C=O) groups excluding carboxylic acids is 1. The van der Waals surface area contributed by atoms with E-state index >= 15 is 0 Å². The second kappa shape index (κ2) is 5.01. The number of anilines is 1. The number of amides is 1. The number of fused-ring (bicyclic) bond motifs is 1. The van der Waals surface area contributed by atoms with Gasteiger partial charge in [0.1, 0.15) is 0 Å². The maximum Gasteiger partial charge on any atom is 0.307 e. The third-order valence-corrected chi connectivity index (χ3v) is 4.72. The van der Waals surface area contributed by atoms with Gasteiger partial charge in [-0.3, -0.25) is 9.59 Å². The van der Waals surface area contributed by atoms with Gasteiger partial charge in [0.2, 0.25) is 5.91 Å². The highest BCUT2D eigenvalue weighted by Crippen LogP contribution is 2.58. The Kier molecular flexibility index (Phi) is 3.35. The highest BCUT2D eigenvalue weighted by atomic mass is 16.4. The molecule has 2 aromatic rings. The summed E-state index contributed by atoms with van der Waals surface area (Å²) >= 11 is 0. The molecule has 1 aliphatic rings. The van der Waals surface area contributed by atoms with Crippen LogP contribution in [0.1, 0.15) is 25.2 Å². The number of carbonyl (C=O) groups is 2. The molecular weight excluding hydrogens is 294 g/mol. The van der Waals surface area contributed by atoms with Crippen LogP contribution in [-0.2, 0) is 9.59 Å². The Morgan fingerprint density at radius 3 is 2.26 bits per heavy atom. The van der Waals surface area contributed by atoms with Gasteiger partial charge in [0.25, 0.3) is 0 Å². The Bertz CT molecular complexity index is 829. The summed E-state index contributed by atoms with van der Waals surface area (Å²) in [7, 11) is 0. The van der Waals surface area contributed by atoms with Crippen molar-refractivity contribution in [3.63, 3.8) is 0 Å². The van der Waals surface area contributed by atoms with Crippen LogP contribution in [0.3, 0.4) is 0 Å². The Hall–Kier alpha value is -2.50. The van der Waals surface area contributed by atoms with Crippen molar-refractivity contribution in [1.82, 2.24) is 9.97 Å². The second-order valence-electron chi connectivity index (χ2n) is 6.70. The number of aryl methyl sites for hydroxylation is 2. The third kappa shape index (κ3) is 2.54. The smallest absolute Gasteiger partial charge is 0.307 e. The van der Waals surface area contributed by atoms with Gasteiger partial charge in [-0.2, -0.15) is 0 Å². The number of aromatic nitrogens is 2. The van der Waals surface area contributed by atoms with Crippen molar-refractivity contribution in [2.45, 2.75) is 27.7 Å². The molecular formula is C17H19N3O3. The van der Waals surface area contributed by atoms with Gasteiger partial charge >= 0.3 is 5.97 Å². The Morgan fingerprint density at radius 2 is 1.70 bits per heavy atom. The minimum absolute atomic E-state index is 0.265. The van der Waals surface area contributed by atoms with E-state index in [0.29, 0.717) is 11.2 Å². The summed E-state index contributed by atoms with van der Waals surface area (Å²) < 4.78 is 0. The molecule has 1 heterocycles. The number of hydrogen-bond acceptors (Lipinski definition) is 4. The SMILES string of the molecule is Cc1nc2ccc(NC(=O)[C@H]3[C@H](C(=O)O)C3(C)C)cc2nc1C. The van der Waals surface area contributed by atoms with Gasteiger partial charge < -0.3 is 10.4 Å². The molecule has 0 spiro atoms. The van der Waals surface area contributed by atoms with Crippen LogP contribution < -0.4 is 5.32 Å². The van der Waals surface area contributed by atoms with Gasteiger partial charge in [-0.1, -0.05) is 13.8 Å². The van der Waals surface area contributed by atoms with Crippen LogP contribution in [0.15, 0.2) is 18.2 Å². The van der Waals surface area contributed by atoms with E-state index < -0.39 is 23.2 Å². The minimum Gasteiger partial charge on any atom is -0.481 e. The zero-order chi connectivity index (χ0) is 16.9. The van der Waals surface area contributed by atoms with Crippen LogP contribution in [0.5, 0.6) is 0 Å². The summed E-state index contributed by atoms with van der Waals surface area (Å²) in [5.41, 5.74) is 3.28. The van der Waals surface area contributed by atoms with Crippen LogP contribution >= 0.6 is 0 Å². The molecule has 0 radical (unpaired) electrons. The quantitative estimate of drug-likeness (QED) is 0.908. The number of carboxylic acids is 1. The van der Waals surface area contributed by atoms with Crippen LogP contribution in [0, 0.1) is 31.1 Å². The van der Waals surface area contributed by atoms with E-state index in [1.54, 1.807) is 32.0 Å². The molecule has 0 bridgehead atoms. The monoisotopic (exact) mass is 313 g/mol. The Labute approximate surface area is 133 Å². The molecule has 3 rings (SSSR count). The highest BCUT2D eigenvalue weighted by Gasteiger charge is 2.65. The average molecular weight is 313 g/mol. The van der Waals surface area contributed by atoms with Crippen LogP contribution in [0.25, 0.3) is 11.0 Å². The number of benzene rings is 1. The van der Waals surface area contributed by atoms with Crippen LogP contribution in [0.4, 0.5) is 5.69 Å². The molecule has 1 amide bonds. The second-order valence-corrected chi connectivity index (χ2v) is 6.70. The number of nitrogens with zero attached hydrogens (tertiary/aromatic N) is 2. The lowest BCUT2D eigenvalue weighted by atomic mass is 10.1. The highest BCUT2D eigenvalue weighted by molar-refractivity contribution is 6.00. The van der Waals surface area contributed by atoms with Gasteiger partial charge in [0, 0.05) is 5.69 Å². The lowest BCUT2D eigenvalue weighted by Crippen LogP contribution is -2.17. The number of nitrogens with one attached hydrogen (secondary N) is 1. The molecule has 1 saturated carbocycles. The van der Waals surface area contributed by atoms with E-state index in [2.05, 4.69) is 15.3 Å². The molecule has 0 unspecified atom stereocenters. The Balaban J connectivity index is 1.83. The van der Waals surface area contributed by atoms with Crippen molar-refractivity contribution < 1.29 is 14.7 Å². The zero-order valence-electron chi connectivity index (χ0n) is 13.5. The number of rotatable bonds is 3. The number of carboxylic acid groups (broad SMARTS) is 1. The van der Waals surface area contributed by atoms with E-state index in [1.165, 1.54) is 0 Å². The summed E-state index contributed by atoms with van der Waals surface area (Å²) in [6.07, 6.45) is 0. The fourth-order valence-electron chi connectivity index (χ4n) is 3.12. The van der Waals surface area contributed by atoms with Crippen molar-refractivity contribution in [2.24, 2.45) is 17.3 Å². The molecule has 6 nitrogen and oxygen atoms in total. The van der Waals surface area contributed by atoms with Crippen molar-refractivity contribution in [1.29, 1.82) is 0 Å². The summed E-state index contributed by atoms with van der Waals surface area (Å²) in [4.78, 5) is 32.5. The van der Waals surface area contributed by atoms with Gasteiger partial charge in [-0.25, -0.2) is 9.97 Å². The maximum absolute atomic E-state index is 12.4. The maximum atomic E-state index is 12.4. The first kappa shape index (κ1) is 15.4. The molecule has 0 saturated heterocycles. The van der Waals surface area contributed by atoms with E-state index in [4.69, 9.17) is 0 Å². The standard InChI is InChI=1S/C17H19N3O3/c1-8-9(2)19-12-7-10(5-6-11(12)18-8)20-15(21)13-14(16(22)23)17(13,3)4/h5-7,13-14H,1-4H3,(H,20,21)(H,22,23)/t13-,14-/m1/s1. The van der Waals surface area contributed by atoms with E-state index in [9.17, 15) is 14.7 Å². The zero-order valence-corrected chi connectivity index (χ0v) is 13.5. The summed E-state index contributed by atoms with van der Waals surface area (Å²) in [5, 5.41) is 12.0. The van der Waals surface area contributed by atoms with Crippen LogP contribution in [0.2, 0.25) is 0 Å². The molecule has 6 heteroatoms. The fourth-order valence-corrected chi connectivity index (χ4v) is 3.12. The normalized spacial score (nSPS) is 21.9. The largest absolute Gasteiger partial charge is 0.481 e. The van der Waals surface area contributed by atoms with Gasteiger partial charge in [0.05, 0.1) is 34.3 Å². The lowest BCUT2D eigenvalue weighted by Gasteiger charge is -2.08. The predicted molar refractivity (Wildman–Crippen MR) is 86.0 cm³/mol. The van der Waals surface area contributed by atoms with Crippen molar-refractivity contribution in [2.75, 3.05) is 5.32 Å². The molecule has 1 fully saturated rings. The van der Waals surface area contributed by atoms with Gasteiger partial charge in [0.15, 0.2) is 0 Å². The molecule has 120 valence electrons. The topological polar surface area (TPSA) is 92.2 Å². The first-order valence-corrected chi connectivity index (χ1v) is 7.50. The first-order chi connectivity index (χ1) is 10.7. The Morgan fingerprint density at radius 1 is 1.09 bits per heavy atom.